The summed E-state index contributed by atoms with van der Waals surface area (Å²) in [5.74, 6) is 1.89. The van der Waals surface area contributed by atoms with Gasteiger partial charge in [0.25, 0.3) is 0 Å². The average molecular weight is 1020 g/mol. The van der Waals surface area contributed by atoms with E-state index in [9.17, 15) is 0 Å². The van der Waals surface area contributed by atoms with Crippen LogP contribution in [0.3, 0.4) is 0 Å². The molecule has 0 fully saturated rings. The van der Waals surface area contributed by atoms with Gasteiger partial charge in [0.15, 0.2) is 0 Å². The average Bonchev–Trinajstić information content (AvgIpc) is 4.19. The Bertz CT molecular complexity index is 4390. The lowest BCUT2D eigenvalue weighted by molar-refractivity contribution is 0.959. The standard InChI is InChI=1S/C75H53N5/c1-79-72-29-14-12-27-70(72)77-74(79)55-39-35-52(36-40-55)61-20-6-8-22-63(61)58-46-59(64-23-9-7-21-62(64)53-37-41-56(42-38-53)75-78-71-28-13-15-30-73(71)80(75)2)48-60(47-58)65-24-10-11-25-66(65)67-44-43-57(69-26-16-17-45-76-69)49-68(67)54-33-31-51(32-34-54)50-18-4-3-5-19-50/h3-49H,1-2H3. The summed E-state index contributed by atoms with van der Waals surface area (Å²) in [6, 6.07) is 101. The van der Waals surface area contributed by atoms with E-state index in [1.54, 1.807) is 0 Å². The van der Waals surface area contributed by atoms with Gasteiger partial charge >= 0.3 is 0 Å². The van der Waals surface area contributed by atoms with Crippen LogP contribution in [0.2, 0.25) is 0 Å². The van der Waals surface area contributed by atoms with Gasteiger partial charge in [-0.1, -0.05) is 218 Å². The molecule has 0 radical (unpaired) electrons. The molecule has 14 aromatic rings. The maximum Gasteiger partial charge on any atom is 0.140 e. The lowest BCUT2D eigenvalue weighted by Crippen LogP contribution is -1.94. The monoisotopic (exact) mass is 1020 g/mol. The first-order valence-electron chi connectivity index (χ1n) is 27.2. The van der Waals surface area contributed by atoms with E-state index in [1.165, 1.54) is 11.1 Å². The lowest BCUT2D eigenvalue weighted by Gasteiger charge is -2.19. The van der Waals surface area contributed by atoms with E-state index in [2.05, 4.69) is 284 Å². The molecule has 0 aliphatic heterocycles. The summed E-state index contributed by atoms with van der Waals surface area (Å²) in [5.41, 5.74) is 26.6. The van der Waals surface area contributed by atoms with Crippen LogP contribution in [0.15, 0.2) is 285 Å². The topological polar surface area (TPSA) is 48.5 Å². The number of benzene rings is 11. The van der Waals surface area contributed by atoms with Crippen molar-refractivity contribution in [1.29, 1.82) is 0 Å². The fourth-order valence-corrected chi connectivity index (χ4v) is 11.6. The molecule has 0 unspecified atom stereocenters. The first-order chi connectivity index (χ1) is 39.5. The van der Waals surface area contributed by atoms with Crippen molar-refractivity contribution < 1.29 is 0 Å². The first kappa shape index (κ1) is 47.9. The second kappa shape index (κ2) is 20.5. The molecule has 14 rings (SSSR count). The zero-order valence-electron chi connectivity index (χ0n) is 44.4. The van der Waals surface area contributed by atoms with Crippen molar-refractivity contribution in [2.75, 3.05) is 0 Å². The van der Waals surface area contributed by atoms with Crippen molar-refractivity contribution in [3.8, 4) is 123 Å². The largest absolute Gasteiger partial charge is 0.327 e. The Kier molecular flexibility index (Phi) is 12.3. The normalized spacial score (nSPS) is 11.4. The zero-order valence-corrected chi connectivity index (χ0v) is 44.4. The molecule has 0 aliphatic rings. The highest BCUT2D eigenvalue weighted by Crippen LogP contribution is 2.45. The van der Waals surface area contributed by atoms with Crippen LogP contribution < -0.4 is 0 Å². The molecule has 0 aliphatic carbocycles. The van der Waals surface area contributed by atoms with E-state index >= 15 is 0 Å². The molecule has 0 saturated carbocycles. The van der Waals surface area contributed by atoms with Crippen molar-refractivity contribution in [3.63, 3.8) is 0 Å². The summed E-state index contributed by atoms with van der Waals surface area (Å²) in [4.78, 5) is 14.8. The van der Waals surface area contributed by atoms with Crippen LogP contribution in [0.25, 0.3) is 145 Å². The maximum atomic E-state index is 5.03. The molecule has 11 aromatic carbocycles. The third-order valence-corrected chi connectivity index (χ3v) is 15.7. The highest BCUT2D eigenvalue weighted by molar-refractivity contribution is 5.98. The quantitative estimate of drug-likeness (QED) is 0.130. The molecule has 0 atom stereocenters. The van der Waals surface area contributed by atoms with E-state index in [4.69, 9.17) is 15.0 Å². The fraction of sp³-hybridized carbons (Fsp3) is 0.0267. The van der Waals surface area contributed by atoms with E-state index in [-0.39, 0.29) is 0 Å². The summed E-state index contributed by atoms with van der Waals surface area (Å²) < 4.78 is 4.36. The van der Waals surface area contributed by atoms with Crippen LogP contribution >= 0.6 is 0 Å². The number of rotatable bonds is 11. The molecule has 0 N–H and O–H groups in total. The second-order valence-corrected chi connectivity index (χ2v) is 20.5. The zero-order chi connectivity index (χ0) is 53.5. The minimum absolute atomic E-state index is 0.934. The third-order valence-electron chi connectivity index (χ3n) is 15.7. The van der Waals surface area contributed by atoms with Gasteiger partial charge in [-0.25, -0.2) is 9.97 Å². The highest BCUT2D eigenvalue weighted by Gasteiger charge is 2.20. The minimum Gasteiger partial charge on any atom is -0.327 e. The molecule has 3 aromatic heterocycles. The van der Waals surface area contributed by atoms with Crippen molar-refractivity contribution >= 4 is 22.1 Å². The van der Waals surface area contributed by atoms with Gasteiger partial charge in [0.2, 0.25) is 0 Å². The van der Waals surface area contributed by atoms with Gasteiger partial charge in [-0.2, -0.15) is 0 Å². The van der Waals surface area contributed by atoms with Crippen LogP contribution in [0.4, 0.5) is 0 Å². The summed E-state index contributed by atoms with van der Waals surface area (Å²) >= 11 is 0. The van der Waals surface area contributed by atoms with E-state index in [0.29, 0.717) is 0 Å². The number of pyridine rings is 1. The fourth-order valence-electron chi connectivity index (χ4n) is 11.6. The molecular weight excluding hydrogens is 971 g/mol. The van der Waals surface area contributed by atoms with Gasteiger partial charge < -0.3 is 9.13 Å². The molecule has 0 bridgehead atoms. The van der Waals surface area contributed by atoms with Crippen LogP contribution in [0.5, 0.6) is 0 Å². The van der Waals surface area contributed by atoms with Gasteiger partial charge in [0, 0.05) is 37.0 Å². The molecule has 80 heavy (non-hydrogen) atoms. The number of para-hydroxylation sites is 4. The van der Waals surface area contributed by atoms with Gasteiger partial charge in [-0.15, -0.1) is 0 Å². The predicted octanol–water partition coefficient (Wildman–Crippen LogP) is 19.2. The molecule has 5 heteroatoms. The maximum absolute atomic E-state index is 5.03. The van der Waals surface area contributed by atoms with E-state index in [0.717, 1.165) is 134 Å². The number of imidazole rings is 2. The molecule has 5 nitrogen and oxygen atoms in total. The van der Waals surface area contributed by atoms with Crippen LogP contribution in [-0.4, -0.2) is 24.1 Å². The van der Waals surface area contributed by atoms with E-state index < -0.39 is 0 Å². The number of nitrogens with zero attached hydrogens (tertiary/aromatic N) is 5. The number of hydrogen-bond acceptors (Lipinski definition) is 3. The molecule has 3 heterocycles. The highest BCUT2D eigenvalue weighted by atomic mass is 15.1. The van der Waals surface area contributed by atoms with Crippen molar-refractivity contribution in [1.82, 2.24) is 24.1 Å². The second-order valence-electron chi connectivity index (χ2n) is 20.5. The Morgan fingerprint density at radius 1 is 0.237 bits per heavy atom. The SMILES string of the molecule is Cn1c(-c2ccc(-c3ccccc3-c3cc(-c4ccccc4-c4ccc(-c5nc6ccccc6n5C)cc4)cc(-c4ccccc4-c4ccc(-c5ccccn5)cc4-c4ccc(-c5ccccc5)cc4)c3)cc2)nc2ccccc21. The molecule has 0 saturated heterocycles. The smallest absolute Gasteiger partial charge is 0.140 e. The third kappa shape index (κ3) is 8.87. The molecule has 0 amide bonds. The van der Waals surface area contributed by atoms with Crippen LogP contribution in [0, 0.1) is 0 Å². The Morgan fingerprint density at radius 3 is 1.06 bits per heavy atom. The summed E-state index contributed by atoms with van der Waals surface area (Å²) in [6.07, 6.45) is 1.87. The van der Waals surface area contributed by atoms with Gasteiger partial charge in [0.1, 0.15) is 11.6 Å². The van der Waals surface area contributed by atoms with Crippen LogP contribution in [-0.2, 0) is 14.1 Å². The Hall–Kier alpha value is -10.5. The van der Waals surface area contributed by atoms with Crippen molar-refractivity contribution in [2.24, 2.45) is 14.1 Å². The molecular formula is C75H53N5. The predicted molar refractivity (Wildman–Crippen MR) is 333 cm³/mol. The summed E-state index contributed by atoms with van der Waals surface area (Å²) in [6.45, 7) is 0. The molecule has 0 spiro atoms. The van der Waals surface area contributed by atoms with Gasteiger partial charge in [0.05, 0.1) is 27.8 Å². The Morgan fingerprint density at radius 2 is 0.588 bits per heavy atom. The van der Waals surface area contributed by atoms with Crippen LogP contribution in [0.1, 0.15) is 0 Å². The summed E-state index contributed by atoms with van der Waals surface area (Å²) in [7, 11) is 4.18. The van der Waals surface area contributed by atoms with Crippen molar-refractivity contribution in [2.45, 2.75) is 0 Å². The van der Waals surface area contributed by atoms with Gasteiger partial charge in [-0.05, 0) is 150 Å². The van der Waals surface area contributed by atoms with Crippen molar-refractivity contribution in [3.05, 3.63) is 285 Å². The lowest BCUT2D eigenvalue weighted by atomic mass is 9.84. The number of hydrogen-bond donors (Lipinski definition) is 0. The van der Waals surface area contributed by atoms with Gasteiger partial charge in [-0.3, -0.25) is 4.98 Å². The molecule has 378 valence electrons. The summed E-state index contributed by atoms with van der Waals surface area (Å²) in [5, 5.41) is 0. The number of aryl methyl sites for hydroxylation is 2. The van der Waals surface area contributed by atoms with E-state index in [1.807, 2.05) is 24.4 Å². The Labute approximate surface area is 466 Å². The Balaban J connectivity index is 0.927. The minimum atomic E-state index is 0.934. The number of fused-ring (bicyclic) bond motifs is 2. The first-order valence-corrected chi connectivity index (χ1v) is 27.2. The number of aromatic nitrogens is 5.